The van der Waals surface area contributed by atoms with Crippen molar-refractivity contribution in [1.82, 2.24) is 19.9 Å². The van der Waals surface area contributed by atoms with Crippen LogP contribution in [-0.2, 0) is 35.1 Å². The van der Waals surface area contributed by atoms with Gasteiger partial charge in [0.1, 0.15) is 16.6 Å². The largest absolute Gasteiger partial charge is 0.444 e. The Morgan fingerprint density at radius 3 is 2.25 bits per heavy atom. The van der Waals surface area contributed by atoms with Crippen LogP contribution in [0, 0.1) is 11.3 Å². The van der Waals surface area contributed by atoms with Gasteiger partial charge < -0.3 is 35.4 Å². The number of piperazine rings is 1. The van der Waals surface area contributed by atoms with Crippen molar-refractivity contribution >= 4 is 56.9 Å². The van der Waals surface area contributed by atoms with Crippen LogP contribution >= 0.6 is 11.6 Å². The first kappa shape index (κ1) is 43.9. The smallest absolute Gasteiger partial charge is 0.407 e. The summed E-state index contributed by atoms with van der Waals surface area (Å²) in [6.45, 7) is 6.79. The van der Waals surface area contributed by atoms with Crippen molar-refractivity contribution < 1.29 is 45.6 Å². The first-order chi connectivity index (χ1) is 28.1. The SMILES string of the molecule is CC(C)(C)OC(=O)N[C@@H]1CC(=O)N(c2ccc(S(=O)(=O)N3CCN(c4cc(C(F)(F)C5CCC(NC(=O)[C@@H]6CC7(CC7)C[N+]6(C)CC(N)=O)CC5)cc(Cl)n4)CC3)cc2)C1. The molecule has 4 heterocycles. The van der Waals surface area contributed by atoms with Gasteiger partial charge >= 0.3 is 6.09 Å². The molecule has 2 aliphatic carbocycles. The molecular formula is C41H56ClF2N8O7S+. The van der Waals surface area contributed by atoms with Gasteiger partial charge in [-0.2, -0.15) is 4.31 Å². The number of alkyl carbamates (subject to hydrolysis) is 1. The highest BCUT2D eigenvalue weighted by Crippen LogP contribution is 2.57. The number of aromatic nitrogens is 1. The maximum atomic E-state index is 16.2. The molecule has 2 saturated carbocycles. The molecule has 3 aliphatic heterocycles. The number of nitrogens with two attached hydrogens (primary N) is 1. The molecule has 60 heavy (non-hydrogen) atoms. The highest BCUT2D eigenvalue weighted by Gasteiger charge is 2.62. The number of halogens is 3. The lowest BCUT2D eigenvalue weighted by Crippen LogP contribution is -2.59. The third-order valence-corrected chi connectivity index (χ3v) is 14.9. The number of pyridine rings is 1. The van der Waals surface area contributed by atoms with Gasteiger partial charge in [0.05, 0.1) is 24.5 Å². The molecule has 2 aromatic rings. The summed E-state index contributed by atoms with van der Waals surface area (Å²) in [4.78, 5) is 58.0. The number of nitrogens with one attached hydrogen (secondary N) is 2. The van der Waals surface area contributed by atoms with Crippen LogP contribution in [0.15, 0.2) is 41.3 Å². The maximum absolute atomic E-state index is 16.2. The van der Waals surface area contributed by atoms with Gasteiger partial charge in [0.2, 0.25) is 15.9 Å². The second-order valence-electron chi connectivity index (χ2n) is 18.6. The summed E-state index contributed by atoms with van der Waals surface area (Å²) in [5.41, 5.74) is 5.18. The van der Waals surface area contributed by atoms with E-state index in [2.05, 4.69) is 15.6 Å². The molecule has 15 nitrogen and oxygen atoms in total. The van der Waals surface area contributed by atoms with Gasteiger partial charge in [-0.05, 0) is 95.7 Å². The predicted octanol–water partition coefficient (Wildman–Crippen LogP) is 4.13. The molecule has 3 saturated heterocycles. The van der Waals surface area contributed by atoms with E-state index >= 15 is 8.78 Å². The van der Waals surface area contributed by atoms with Gasteiger partial charge in [-0.25, -0.2) is 27.0 Å². The normalized spacial score (nSPS) is 27.2. The van der Waals surface area contributed by atoms with Gasteiger partial charge in [0.25, 0.3) is 17.7 Å². The molecule has 0 bridgehead atoms. The fraction of sp³-hybridized carbons (Fsp3) is 0.634. The molecule has 1 aromatic heterocycles. The maximum Gasteiger partial charge on any atom is 0.407 e. The minimum absolute atomic E-state index is 0.0396. The standard InChI is InChI=1S/C41H55ClF2N8O7S/c1-39(2,3)59-38(56)47-29-21-36(54)51(23-29)30-9-11-31(12-10-30)60(57,58)50-17-15-49(16-18-50)35-20-27(19-33(42)48-35)41(43,44)26-5-7-28(8-6-26)46-37(55)32-22-40(13-14-40)25-52(32,4)24-34(45)53/h9-12,19-20,26,28-29,32H,5-8,13-18,21-25H2,1-4H3,(H3-,45,46,47,53,55,56)/p+1/t26?,28?,29-,32+,52?/m1/s1. The average molecular weight is 878 g/mol. The van der Waals surface area contributed by atoms with Gasteiger partial charge in [-0.3, -0.25) is 14.4 Å². The number of hydrogen-bond acceptors (Lipinski definition) is 9. The van der Waals surface area contributed by atoms with Crippen molar-refractivity contribution in [2.75, 3.05) is 62.7 Å². The predicted molar refractivity (Wildman–Crippen MR) is 220 cm³/mol. The zero-order valence-electron chi connectivity index (χ0n) is 34.6. The fourth-order valence-electron chi connectivity index (χ4n) is 9.61. The zero-order valence-corrected chi connectivity index (χ0v) is 36.2. The molecular weight excluding hydrogens is 822 g/mol. The molecule has 4 amide bonds. The van der Waals surface area contributed by atoms with Crippen molar-refractivity contribution in [2.45, 2.75) is 107 Å². The Kier molecular flexibility index (Phi) is 11.9. The van der Waals surface area contributed by atoms with Crippen molar-refractivity contribution in [3.05, 3.63) is 47.1 Å². The minimum atomic E-state index is -3.93. The number of likely N-dealkylation sites (tertiary alicyclic amines) is 1. The highest BCUT2D eigenvalue weighted by atomic mass is 35.5. The fourth-order valence-corrected chi connectivity index (χ4v) is 11.2. The third-order valence-electron chi connectivity index (χ3n) is 12.8. The lowest BCUT2D eigenvalue weighted by Gasteiger charge is -2.37. The third kappa shape index (κ3) is 9.50. The molecule has 5 fully saturated rings. The summed E-state index contributed by atoms with van der Waals surface area (Å²) >= 11 is 6.34. The first-order valence-electron chi connectivity index (χ1n) is 20.7. The number of amides is 4. The van der Waals surface area contributed by atoms with E-state index in [0.29, 0.717) is 24.9 Å². The summed E-state index contributed by atoms with van der Waals surface area (Å²) in [6.07, 6.45) is 3.37. The second kappa shape index (κ2) is 16.3. The molecule has 4 N–H and O–H groups in total. The van der Waals surface area contributed by atoms with E-state index in [1.165, 1.54) is 33.5 Å². The molecule has 5 aliphatic rings. The molecule has 1 aromatic carbocycles. The Labute approximate surface area is 354 Å². The number of sulfonamides is 1. The topological polar surface area (TPSA) is 184 Å². The van der Waals surface area contributed by atoms with Crippen LogP contribution in [0.2, 0.25) is 5.15 Å². The van der Waals surface area contributed by atoms with E-state index in [0.717, 1.165) is 19.4 Å². The van der Waals surface area contributed by atoms with Crippen molar-refractivity contribution in [2.24, 2.45) is 17.1 Å². The van der Waals surface area contributed by atoms with Crippen molar-refractivity contribution in [3.8, 4) is 0 Å². The van der Waals surface area contributed by atoms with Crippen LogP contribution in [0.1, 0.15) is 77.7 Å². The highest BCUT2D eigenvalue weighted by molar-refractivity contribution is 7.89. The van der Waals surface area contributed by atoms with E-state index in [1.807, 2.05) is 7.05 Å². The van der Waals surface area contributed by atoms with E-state index < -0.39 is 51.5 Å². The average Bonchev–Trinajstić information content (AvgIpc) is 3.72. The quantitative estimate of drug-likeness (QED) is 0.221. The molecule has 1 unspecified atom stereocenters. The van der Waals surface area contributed by atoms with Crippen LogP contribution in [0.4, 0.5) is 25.1 Å². The number of nitrogens with zero attached hydrogens (tertiary/aromatic N) is 5. The van der Waals surface area contributed by atoms with Crippen LogP contribution < -0.4 is 26.2 Å². The molecule has 7 rings (SSSR count). The molecule has 0 radical (unpaired) electrons. The van der Waals surface area contributed by atoms with Crippen molar-refractivity contribution in [1.29, 1.82) is 0 Å². The lowest BCUT2D eigenvalue weighted by molar-refractivity contribution is -0.906. The Bertz CT molecular complexity index is 2100. The Balaban J connectivity index is 0.922. The summed E-state index contributed by atoms with van der Waals surface area (Å²) < 4.78 is 66.7. The number of likely N-dealkylation sites (N-methyl/N-ethyl adjacent to an activating group) is 1. The number of carbonyl (C=O) groups excluding carboxylic acids is 4. The Morgan fingerprint density at radius 2 is 1.65 bits per heavy atom. The summed E-state index contributed by atoms with van der Waals surface area (Å²) in [7, 11) is -2.03. The van der Waals surface area contributed by atoms with E-state index in [9.17, 15) is 27.6 Å². The summed E-state index contributed by atoms with van der Waals surface area (Å²) in [5, 5.41) is 5.73. The molecule has 328 valence electrons. The van der Waals surface area contributed by atoms with Crippen LogP contribution in [0.25, 0.3) is 0 Å². The number of benzene rings is 1. The van der Waals surface area contributed by atoms with Gasteiger partial charge in [0.15, 0.2) is 12.6 Å². The number of alkyl halides is 2. The van der Waals surface area contributed by atoms with Crippen molar-refractivity contribution in [3.63, 3.8) is 0 Å². The van der Waals surface area contributed by atoms with E-state index in [4.69, 9.17) is 22.1 Å². The first-order valence-corrected chi connectivity index (χ1v) is 22.5. The number of quaternary nitrogens is 1. The number of carbonyl (C=O) groups is 4. The van der Waals surface area contributed by atoms with Gasteiger partial charge in [-0.15, -0.1) is 0 Å². The number of anilines is 2. The second-order valence-corrected chi connectivity index (χ2v) is 21.0. The molecule has 1 spiro atoms. The van der Waals surface area contributed by atoms with Crippen LogP contribution in [0.5, 0.6) is 0 Å². The monoisotopic (exact) mass is 877 g/mol. The number of primary amides is 1. The Hall–Kier alpha value is -4.13. The number of ether oxygens (including phenoxy) is 1. The van der Waals surface area contributed by atoms with E-state index in [-0.39, 0.29) is 108 Å². The van der Waals surface area contributed by atoms with Crippen LogP contribution in [0.3, 0.4) is 0 Å². The zero-order chi connectivity index (χ0) is 43.4. The number of rotatable bonds is 11. The van der Waals surface area contributed by atoms with E-state index in [1.54, 1.807) is 37.8 Å². The van der Waals surface area contributed by atoms with Gasteiger partial charge in [-0.1, -0.05) is 11.6 Å². The minimum Gasteiger partial charge on any atom is -0.444 e. The summed E-state index contributed by atoms with van der Waals surface area (Å²) in [5.74, 6) is -4.80. The Morgan fingerprint density at radius 1 is 1.00 bits per heavy atom. The summed E-state index contributed by atoms with van der Waals surface area (Å²) in [6, 6.07) is 7.39. The molecule has 19 heteroatoms. The number of hydrogen-bond donors (Lipinski definition) is 3. The lowest BCUT2D eigenvalue weighted by atomic mass is 9.80. The molecule has 3 atom stereocenters. The van der Waals surface area contributed by atoms with Gasteiger partial charge in [0, 0.05) is 74.2 Å². The van der Waals surface area contributed by atoms with Crippen LogP contribution in [-0.4, -0.2) is 123 Å².